The van der Waals surface area contributed by atoms with E-state index in [0.29, 0.717) is 13.1 Å². The third kappa shape index (κ3) is 3.35. The van der Waals surface area contributed by atoms with Crippen LogP contribution in [0.4, 0.5) is 4.79 Å². The van der Waals surface area contributed by atoms with Gasteiger partial charge in [0, 0.05) is 23.7 Å². The molecule has 1 saturated carbocycles. The van der Waals surface area contributed by atoms with Crippen molar-refractivity contribution in [2.45, 2.75) is 63.5 Å². The molecule has 1 heterocycles. The van der Waals surface area contributed by atoms with Gasteiger partial charge in [0.2, 0.25) is 0 Å². The molecule has 2 N–H and O–H groups in total. The zero-order valence-electron chi connectivity index (χ0n) is 15.6. The summed E-state index contributed by atoms with van der Waals surface area (Å²) in [4.78, 5) is 26.4. The predicted molar refractivity (Wildman–Crippen MR) is 103 cm³/mol. The molecule has 1 aliphatic carbocycles. The summed E-state index contributed by atoms with van der Waals surface area (Å²) in [5.74, 6) is -0.0492. The van der Waals surface area contributed by atoms with Gasteiger partial charge in [0.15, 0.2) is 0 Å². The minimum atomic E-state index is -0.625. The van der Waals surface area contributed by atoms with Crippen molar-refractivity contribution >= 4 is 23.5 Å². The fourth-order valence-electron chi connectivity index (χ4n) is 4.38. The third-order valence-corrected chi connectivity index (χ3v) is 6.36. The highest BCUT2D eigenvalue weighted by Crippen LogP contribution is 2.35. The number of urea groups is 1. The van der Waals surface area contributed by atoms with Crippen LogP contribution in [-0.2, 0) is 10.3 Å². The molecule has 1 spiro atoms. The molecule has 0 unspecified atom stereocenters. The third-order valence-electron chi connectivity index (χ3n) is 6.11. The normalized spacial score (nSPS) is 19.4. The summed E-state index contributed by atoms with van der Waals surface area (Å²) in [6.07, 6.45) is 5.36. The van der Waals surface area contributed by atoms with Gasteiger partial charge in [-0.15, -0.1) is 0 Å². The predicted octanol–water partition coefficient (Wildman–Crippen LogP) is 3.81. The second kappa shape index (κ2) is 7.57. The minimum Gasteiger partial charge on any atom is -0.323 e. The molecular weight excluding hydrogens is 350 g/mol. The zero-order chi connectivity index (χ0) is 18.8. The highest BCUT2D eigenvalue weighted by molar-refractivity contribution is 6.30. The number of amides is 3. The van der Waals surface area contributed by atoms with E-state index in [4.69, 9.17) is 11.6 Å². The van der Waals surface area contributed by atoms with E-state index < -0.39 is 5.54 Å². The minimum absolute atomic E-state index is 0.0492. The first-order valence-corrected chi connectivity index (χ1v) is 9.99. The number of carbonyl (C=O) groups excluding carboxylic acids is 2. The molecule has 6 heteroatoms. The molecule has 26 heavy (non-hydrogen) atoms. The smallest absolute Gasteiger partial charge is 0.323 e. The quantitative estimate of drug-likeness (QED) is 0.710. The number of benzene rings is 1. The molecule has 2 aliphatic rings. The van der Waals surface area contributed by atoms with Crippen molar-refractivity contribution in [2.75, 3.05) is 13.1 Å². The largest absolute Gasteiger partial charge is 0.325 e. The number of rotatable bonds is 7. The maximum atomic E-state index is 12.7. The average Bonchev–Trinajstić information content (AvgIpc) is 3.20. The first-order chi connectivity index (χ1) is 12.5. The van der Waals surface area contributed by atoms with E-state index >= 15 is 0 Å². The van der Waals surface area contributed by atoms with Gasteiger partial charge in [0.05, 0.1) is 0 Å². The van der Waals surface area contributed by atoms with Crippen LogP contribution in [-0.4, -0.2) is 35.5 Å². The van der Waals surface area contributed by atoms with E-state index in [-0.39, 0.29) is 17.5 Å². The van der Waals surface area contributed by atoms with E-state index in [1.54, 1.807) is 0 Å². The molecule has 0 atom stereocenters. The number of hydrogen-bond donors (Lipinski definition) is 2. The Balaban J connectivity index is 1.66. The lowest BCUT2D eigenvalue weighted by atomic mass is 9.84. The second-order valence-corrected chi connectivity index (χ2v) is 7.84. The van der Waals surface area contributed by atoms with E-state index in [1.807, 2.05) is 24.3 Å². The van der Waals surface area contributed by atoms with Crippen molar-refractivity contribution in [2.24, 2.45) is 0 Å². The van der Waals surface area contributed by atoms with Crippen molar-refractivity contribution in [3.63, 3.8) is 0 Å². The van der Waals surface area contributed by atoms with Crippen molar-refractivity contribution in [1.82, 2.24) is 15.5 Å². The molecule has 1 aromatic rings. The van der Waals surface area contributed by atoms with Gasteiger partial charge in [0.25, 0.3) is 5.91 Å². The molecule has 5 nitrogen and oxygen atoms in total. The van der Waals surface area contributed by atoms with Gasteiger partial charge >= 0.3 is 6.03 Å². The lowest BCUT2D eigenvalue weighted by molar-refractivity contribution is -0.131. The molecule has 3 rings (SSSR count). The number of halogens is 1. The standard InChI is InChI=1S/C20H28ClN3O2/c1-3-19(4-2,15-7-9-16(21)10-8-15)22-13-14-24-17(25)20(23-18(24)26)11-5-6-12-20/h7-10,22H,3-6,11-14H2,1-2H3,(H,23,26). The van der Waals surface area contributed by atoms with Crippen LogP contribution in [0.3, 0.4) is 0 Å². The van der Waals surface area contributed by atoms with Gasteiger partial charge in [-0.1, -0.05) is 50.4 Å². The number of nitrogens with zero attached hydrogens (tertiary/aromatic N) is 1. The highest BCUT2D eigenvalue weighted by atomic mass is 35.5. The van der Waals surface area contributed by atoms with Gasteiger partial charge in [-0.2, -0.15) is 0 Å². The van der Waals surface area contributed by atoms with Crippen LogP contribution in [0.2, 0.25) is 5.02 Å². The Hall–Kier alpha value is -1.59. The van der Waals surface area contributed by atoms with Crippen LogP contribution < -0.4 is 10.6 Å². The molecule has 1 aromatic carbocycles. The number of imide groups is 1. The topological polar surface area (TPSA) is 61.4 Å². The number of nitrogens with one attached hydrogen (secondary N) is 2. The Morgan fingerprint density at radius 2 is 1.77 bits per heavy atom. The summed E-state index contributed by atoms with van der Waals surface area (Å²) >= 11 is 6.02. The van der Waals surface area contributed by atoms with Gasteiger partial charge in [-0.3, -0.25) is 9.69 Å². The number of hydrogen-bond acceptors (Lipinski definition) is 3. The Bertz CT molecular complexity index is 664. The monoisotopic (exact) mass is 377 g/mol. The highest BCUT2D eigenvalue weighted by Gasteiger charge is 2.52. The van der Waals surface area contributed by atoms with Gasteiger partial charge in [-0.25, -0.2) is 4.79 Å². The summed E-state index contributed by atoms with van der Waals surface area (Å²) in [6, 6.07) is 7.65. The van der Waals surface area contributed by atoms with E-state index in [0.717, 1.165) is 43.5 Å². The van der Waals surface area contributed by atoms with E-state index in [2.05, 4.69) is 24.5 Å². The summed E-state index contributed by atoms with van der Waals surface area (Å²) in [6.45, 7) is 5.25. The molecule has 3 amide bonds. The van der Waals surface area contributed by atoms with Crippen LogP contribution in [0.5, 0.6) is 0 Å². The van der Waals surface area contributed by atoms with Crippen LogP contribution in [0.25, 0.3) is 0 Å². The first-order valence-electron chi connectivity index (χ1n) is 9.61. The van der Waals surface area contributed by atoms with Crippen molar-refractivity contribution in [1.29, 1.82) is 0 Å². The average molecular weight is 378 g/mol. The summed E-state index contributed by atoms with van der Waals surface area (Å²) in [5, 5.41) is 7.25. The van der Waals surface area contributed by atoms with E-state index in [1.165, 1.54) is 10.5 Å². The van der Waals surface area contributed by atoms with Crippen LogP contribution in [0.1, 0.15) is 57.9 Å². The zero-order valence-corrected chi connectivity index (χ0v) is 16.4. The fourth-order valence-corrected chi connectivity index (χ4v) is 4.51. The van der Waals surface area contributed by atoms with Gasteiger partial charge in [-0.05, 0) is 43.4 Å². The summed E-state index contributed by atoms with van der Waals surface area (Å²) < 4.78 is 0. The fraction of sp³-hybridized carbons (Fsp3) is 0.600. The molecule has 1 aliphatic heterocycles. The lowest BCUT2D eigenvalue weighted by Gasteiger charge is -2.34. The van der Waals surface area contributed by atoms with Gasteiger partial charge in [0.1, 0.15) is 5.54 Å². The maximum Gasteiger partial charge on any atom is 0.325 e. The van der Waals surface area contributed by atoms with Crippen LogP contribution in [0.15, 0.2) is 24.3 Å². The molecule has 142 valence electrons. The molecule has 1 saturated heterocycles. The Morgan fingerprint density at radius 3 is 2.35 bits per heavy atom. The number of carbonyl (C=O) groups is 2. The van der Waals surface area contributed by atoms with Gasteiger partial charge < -0.3 is 10.6 Å². The Kier molecular flexibility index (Phi) is 5.58. The summed E-state index contributed by atoms with van der Waals surface area (Å²) in [5.41, 5.74) is 0.366. The van der Waals surface area contributed by atoms with Crippen molar-refractivity contribution in [3.05, 3.63) is 34.9 Å². The summed E-state index contributed by atoms with van der Waals surface area (Å²) in [7, 11) is 0. The lowest BCUT2D eigenvalue weighted by Crippen LogP contribution is -2.47. The van der Waals surface area contributed by atoms with Crippen LogP contribution >= 0.6 is 11.6 Å². The first kappa shape index (κ1) is 19.2. The maximum absolute atomic E-state index is 12.7. The van der Waals surface area contributed by atoms with Crippen molar-refractivity contribution in [3.8, 4) is 0 Å². The molecule has 0 radical (unpaired) electrons. The molecule has 0 aromatic heterocycles. The SMILES string of the molecule is CCC(CC)(NCCN1C(=O)NC2(CCCC2)C1=O)c1ccc(Cl)cc1. The van der Waals surface area contributed by atoms with Crippen LogP contribution in [0, 0.1) is 0 Å². The van der Waals surface area contributed by atoms with Crippen molar-refractivity contribution < 1.29 is 9.59 Å². The molecule has 2 fully saturated rings. The van der Waals surface area contributed by atoms with E-state index in [9.17, 15) is 9.59 Å². The second-order valence-electron chi connectivity index (χ2n) is 7.40. The Labute approximate surface area is 160 Å². The Morgan fingerprint density at radius 1 is 1.15 bits per heavy atom. The molecular formula is C20H28ClN3O2. The molecule has 0 bridgehead atoms.